The van der Waals surface area contributed by atoms with Crippen LogP contribution in [0.4, 0.5) is 4.79 Å². The number of alkyl halides is 1. The highest BCUT2D eigenvalue weighted by atomic mass is 35.5. The van der Waals surface area contributed by atoms with Gasteiger partial charge in [0, 0.05) is 6.42 Å². The number of Topliss-reactive ketones (excluding diaryl/α,β-unsaturated/α-hetero) is 1. The lowest BCUT2D eigenvalue weighted by Gasteiger charge is -2.20. The zero-order valence-electron chi connectivity index (χ0n) is 12.0. The smallest absolute Gasteiger partial charge is 0.409 e. The molecule has 110 valence electrons. The van der Waals surface area contributed by atoms with Gasteiger partial charge < -0.3 is 4.74 Å². The molecule has 1 rings (SSSR count). The van der Waals surface area contributed by atoms with Crippen molar-refractivity contribution in [1.82, 2.24) is 5.32 Å². The number of halogens is 1. The highest BCUT2D eigenvalue weighted by Gasteiger charge is 2.22. The number of hydrogen-bond acceptors (Lipinski definition) is 3. The zero-order chi connectivity index (χ0) is 15.2. The first-order valence-corrected chi connectivity index (χ1v) is 6.92. The second-order valence-corrected chi connectivity index (χ2v) is 5.90. The van der Waals surface area contributed by atoms with Crippen molar-refractivity contribution in [2.24, 2.45) is 0 Å². The molecule has 0 aliphatic rings. The lowest BCUT2D eigenvalue weighted by molar-refractivity contribution is -0.119. The third-order valence-corrected chi connectivity index (χ3v) is 2.78. The van der Waals surface area contributed by atoms with Crippen LogP contribution in [0.25, 0.3) is 0 Å². The lowest BCUT2D eigenvalue weighted by atomic mass is 10.1. The molecule has 1 aromatic carbocycles. The van der Waals surface area contributed by atoms with Gasteiger partial charge >= 0.3 is 6.09 Å². The third-order valence-electron chi connectivity index (χ3n) is 2.43. The van der Waals surface area contributed by atoms with Gasteiger partial charge in [-0.05, 0) is 32.8 Å². The van der Waals surface area contributed by atoms with Gasteiger partial charge in [-0.25, -0.2) is 4.79 Å². The highest BCUT2D eigenvalue weighted by Crippen LogP contribution is 2.09. The highest BCUT2D eigenvalue weighted by molar-refractivity contribution is 6.31. The number of aryl methyl sites for hydroxylation is 1. The summed E-state index contributed by atoms with van der Waals surface area (Å²) in [7, 11) is 0. The molecule has 1 atom stereocenters. The van der Waals surface area contributed by atoms with Crippen molar-refractivity contribution < 1.29 is 14.3 Å². The standard InChI is InChI=1S/C15H20ClNO3/c1-15(2,3)20-14(19)17-13(16)12(18)10-9-11-7-5-4-6-8-11/h4-8,13H,9-10H2,1-3H3,(H,17,19). The van der Waals surface area contributed by atoms with Gasteiger partial charge in [-0.15, -0.1) is 0 Å². The predicted octanol–water partition coefficient (Wildman–Crippen LogP) is 3.28. The van der Waals surface area contributed by atoms with Crippen molar-refractivity contribution in [3.8, 4) is 0 Å². The van der Waals surface area contributed by atoms with Crippen molar-refractivity contribution >= 4 is 23.5 Å². The molecule has 0 bridgehead atoms. The van der Waals surface area contributed by atoms with Crippen LogP contribution in [-0.4, -0.2) is 23.0 Å². The van der Waals surface area contributed by atoms with E-state index < -0.39 is 17.2 Å². The molecule has 0 aliphatic heterocycles. The van der Waals surface area contributed by atoms with E-state index in [4.69, 9.17) is 16.3 Å². The summed E-state index contributed by atoms with van der Waals surface area (Å²) in [6.07, 6.45) is 0.179. The minimum Gasteiger partial charge on any atom is -0.444 e. The molecule has 0 heterocycles. The molecule has 5 heteroatoms. The molecular formula is C15H20ClNO3. The van der Waals surface area contributed by atoms with Gasteiger partial charge in [0.1, 0.15) is 5.60 Å². The molecule has 1 N–H and O–H groups in total. The lowest BCUT2D eigenvalue weighted by Crippen LogP contribution is -2.40. The van der Waals surface area contributed by atoms with E-state index in [1.807, 2.05) is 30.3 Å². The summed E-state index contributed by atoms with van der Waals surface area (Å²) in [5.74, 6) is -0.235. The largest absolute Gasteiger partial charge is 0.444 e. The summed E-state index contributed by atoms with van der Waals surface area (Å²) in [5.41, 5.74) is -0.621. The van der Waals surface area contributed by atoms with Crippen molar-refractivity contribution in [3.05, 3.63) is 35.9 Å². The molecule has 20 heavy (non-hydrogen) atoms. The fraction of sp³-hybridized carbons (Fsp3) is 0.467. The van der Waals surface area contributed by atoms with E-state index in [0.717, 1.165) is 5.56 Å². The number of amides is 1. The topological polar surface area (TPSA) is 55.4 Å². The number of carbonyl (C=O) groups excluding carboxylic acids is 2. The number of benzene rings is 1. The first-order valence-electron chi connectivity index (χ1n) is 6.48. The van der Waals surface area contributed by atoms with Crippen LogP contribution in [0.15, 0.2) is 30.3 Å². The number of alkyl carbamates (subject to hydrolysis) is 1. The van der Waals surface area contributed by atoms with Gasteiger partial charge in [0.2, 0.25) is 0 Å². The van der Waals surface area contributed by atoms with Gasteiger partial charge in [-0.1, -0.05) is 41.9 Å². The van der Waals surface area contributed by atoms with Crippen molar-refractivity contribution in [2.45, 2.75) is 44.7 Å². The van der Waals surface area contributed by atoms with Crippen LogP contribution >= 0.6 is 11.6 Å². The Hall–Kier alpha value is -1.55. The molecule has 0 fully saturated rings. The number of ketones is 1. The number of ether oxygens (including phenoxy) is 1. The zero-order valence-corrected chi connectivity index (χ0v) is 12.7. The molecule has 4 nitrogen and oxygen atoms in total. The second-order valence-electron chi connectivity index (χ2n) is 5.46. The molecule has 0 saturated heterocycles. The number of carbonyl (C=O) groups is 2. The van der Waals surface area contributed by atoms with Crippen LogP contribution in [0.5, 0.6) is 0 Å². The van der Waals surface area contributed by atoms with Gasteiger partial charge in [0.25, 0.3) is 0 Å². The maximum absolute atomic E-state index is 11.8. The molecular weight excluding hydrogens is 278 g/mol. The molecule has 0 radical (unpaired) electrons. The Morgan fingerprint density at radius 3 is 2.40 bits per heavy atom. The van der Waals surface area contributed by atoms with Crippen LogP contribution in [0, 0.1) is 0 Å². The van der Waals surface area contributed by atoms with E-state index in [2.05, 4.69) is 5.32 Å². The third kappa shape index (κ3) is 6.57. The van der Waals surface area contributed by atoms with Gasteiger partial charge in [0.05, 0.1) is 0 Å². The van der Waals surface area contributed by atoms with Crippen LogP contribution in [-0.2, 0) is 16.0 Å². The summed E-state index contributed by atoms with van der Waals surface area (Å²) < 4.78 is 5.03. The van der Waals surface area contributed by atoms with E-state index in [1.165, 1.54) is 0 Å². The number of nitrogens with one attached hydrogen (secondary N) is 1. The van der Waals surface area contributed by atoms with Crippen LogP contribution in [0.1, 0.15) is 32.8 Å². The first kappa shape index (κ1) is 16.5. The summed E-state index contributed by atoms with van der Waals surface area (Å²) in [6, 6.07) is 9.63. The Balaban J connectivity index is 2.38. The van der Waals surface area contributed by atoms with Crippen molar-refractivity contribution in [3.63, 3.8) is 0 Å². The van der Waals surface area contributed by atoms with Crippen LogP contribution in [0.2, 0.25) is 0 Å². The first-order chi connectivity index (χ1) is 9.28. The van der Waals surface area contributed by atoms with E-state index in [1.54, 1.807) is 20.8 Å². The van der Waals surface area contributed by atoms with Gasteiger partial charge in [-0.3, -0.25) is 10.1 Å². The second kappa shape index (κ2) is 7.29. The Kier molecular flexibility index (Phi) is 6.02. The summed E-state index contributed by atoms with van der Waals surface area (Å²) in [6.45, 7) is 5.23. The van der Waals surface area contributed by atoms with E-state index >= 15 is 0 Å². The average Bonchev–Trinajstić information content (AvgIpc) is 2.34. The monoisotopic (exact) mass is 297 g/mol. The molecule has 0 aromatic heterocycles. The predicted molar refractivity (Wildman–Crippen MR) is 78.8 cm³/mol. The molecule has 0 saturated carbocycles. The normalized spacial score (nSPS) is 12.6. The van der Waals surface area contributed by atoms with Crippen molar-refractivity contribution in [2.75, 3.05) is 0 Å². The fourth-order valence-electron chi connectivity index (χ4n) is 1.53. The van der Waals surface area contributed by atoms with Gasteiger partial charge in [0.15, 0.2) is 11.3 Å². The summed E-state index contributed by atoms with van der Waals surface area (Å²) in [5, 5.41) is 2.33. The van der Waals surface area contributed by atoms with E-state index in [-0.39, 0.29) is 12.2 Å². The summed E-state index contributed by atoms with van der Waals surface area (Å²) >= 11 is 5.86. The minimum atomic E-state index is -1.06. The molecule has 1 aromatic rings. The van der Waals surface area contributed by atoms with Gasteiger partial charge in [-0.2, -0.15) is 0 Å². The Morgan fingerprint density at radius 2 is 1.85 bits per heavy atom. The Morgan fingerprint density at radius 1 is 1.25 bits per heavy atom. The summed E-state index contributed by atoms with van der Waals surface area (Å²) in [4.78, 5) is 23.3. The average molecular weight is 298 g/mol. The number of rotatable bonds is 5. The molecule has 1 unspecified atom stereocenters. The maximum Gasteiger partial charge on any atom is 0.409 e. The van der Waals surface area contributed by atoms with E-state index in [0.29, 0.717) is 6.42 Å². The SMILES string of the molecule is CC(C)(C)OC(=O)NC(Cl)C(=O)CCc1ccccc1. The van der Waals surface area contributed by atoms with E-state index in [9.17, 15) is 9.59 Å². The molecule has 0 aliphatic carbocycles. The molecule has 0 spiro atoms. The van der Waals surface area contributed by atoms with Crippen LogP contribution < -0.4 is 5.32 Å². The fourth-order valence-corrected chi connectivity index (χ4v) is 1.73. The quantitative estimate of drug-likeness (QED) is 0.670. The number of hydrogen-bond donors (Lipinski definition) is 1. The minimum absolute atomic E-state index is 0.235. The maximum atomic E-state index is 11.8. The Labute approximate surface area is 124 Å². The molecule has 1 amide bonds. The Bertz CT molecular complexity index is 454. The van der Waals surface area contributed by atoms with Crippen molar-refractivity contribution in [1.29, 1.82) is 0 Å². The van der Waals surface area contributed by atoms with Crippen LogP contribution in [0.3, 0.4) is 0 Å².